The van der Waals surface area contributed by atoms with Crippen LogP contribution in [0, 0.1) is 0 Å². The summed E-state index contributed by atoms with van der Waals surface area (Å²) in [6, 6.07) is 10.6. The van der Waals surface area contributed by atoms with Crippen molar-refractivity contribution in [2.75, 3.05) is 5.75 Å². The lowest BCUT2D eigenvalue weighted by atomic mass is 10.1. The van der Waals surface area contributed by atoms with Crippen molar-refractivity contribution >= 4 is 17.7 Å². The summed E-state index contributed by atoms with van der Waals surface area (Å²) >= 11 is 1.61. The molecule has 1 saturated carbocycles. The van der Waals surface area contributed by atoms with Crippen LogP contribution in [-0.2, 0) is 10.5 Å². The summed E-state index contributed by atoms with van der Waals surface area (Å²) in [4.78, 5) is 19.3. The number of thioether (sulfide) groups is 1. The number of benzene rings is 1. The molecule has 1 amide bonds. The number of nitrogens with zero attached hydrogens (tertiary/aromatic N) is 2. The Balaban J connectivity index is 1.52. The highest BCUT2D eigenvalue weighted by Crippen LogP contribution is 2.26. The van der Waals surface area contributed by atoms with E-state index >= 15 is 0 Å². The number of oxazole rings is 1. The van der Waals surface area contributed by atoms with Crippen LogP contribution in [0.15, 0.2) is 41.0 Å². The van der Waals surface area contributed by atoms with Crippen LogP contribution < -0.4 is 0 Å². The maximum atomic E-state index is 12.6. The minimum absolute atomic E-state index is 0.249. The van der Waals surface area contributed by atoms with E-state index in [2.05, 4.69) is 23.7 Å². The van der Waals surface area contributed by atoms with Gasteiger partial charge in [-0.15, -0.1) is 11.8 Å². The first-order valence-corrected chi connectivity index (χ1v) is 10.2. The SMILES string of the molecule is CC(C)N(C(=O)CSCc1coc(-c2ccccc2)n1)C1CCCC1. The summed E-state index contributed by atoms with van der Waals surface area (Å²) < 4.78 is 5.56. The van der Waals surface area contributed by atoms with E-state index in [1.54, 1.807) is 18.0 Å². The molecule has 1 aromatic carbocycles. The lowest BCUT2D eigenvalue weighted by molar-refractivity contribution is -0.132. The van der Waals surface area contributed by atoms with Gasteiger partial charge in [-0.05, 0) is 38.8 Å². The van der Waals surface area contributed by atoms with Crippen molar-refractivity contribution in [2.24, 2.45) is 0 Å². The summed E-state index contributed by atoms with van der Waals surface area (Å²) in [7, 11) is 0. The van der Waals surface area contributed by atoms with Gasteiger partial charge in [0.05, 0.1) is 11.4 Å². The van der Waals surface area contributed by atoms with E-state index in [-0.39, 0.29) is 11.9 Å². The van der Waals surface area contributed by atoms with E-state index in [9.17, 15) is 4.79 Å². The second-order valence-electron chi connectivity index (χ2n) is 6.84. The van der Waals surface area contributed by atoms with Crippen molar-refractivity contribution in [1.82, 2.24) is 9.88 Å². The van der Waals surface area contributed by atoms with E-state index in [1.807, 2.05) is 30.3 Å². The molecule has 0 unspecified atom stereocenters. The smallest absolute Gasteiger partial charge is 0.233 e. The number of carbonyl (C=O) groups is 1. The zero-order valence-electron chi connectivity index (χ0n) is 15.0. The maximum Gasteiger partial charge on any atom is 0.233 e. The first kappa shape index (κ1) is 18.1. The Kier molecular flexibility index (Phi) is 6.19. The van der Waals surface area contributed by atoms with E-state index < -0.39 is 0 Å². The van der Waals surface area contributed by atoms with Gasteiger partial charge in [0.25, 0.3) is 0 Å². The Hall–Kier alpha value is -1.75. The van der Waals surface area contributed by atoms with Crippen LogP contribution in [-0.4, -0.2) is 33.6 Å². The summed E-state index contributed by atoms with van der Waals surface area (Å²) in [6.07, 6.45) is 6.48. The van der Waals surface area contributed by atoms with Crippen molar-refractivity contribution in [3.63, 3.8) is 0 Å². The molecule has 1 aliphatic carbocycles. The topological polar surface area (TPSA) is 46.3 Å². The van der Waals surface area contributed by atoms with Gasteiger partial charge in [-0.1, -0.05) is 31.0 Å². The fourth-order valence-corrected chi connectivity index (χ4v) is 4.27. The maximum absolute atomic E-state index is 12.6. The summed E-state index contributed by atoms with van der Waals surface area (Å²) in [5.41, 5.74) is 1.86. The molecule has 0 radical (unpaired) electrons. The molecule has 25 heavy (non-hydrogen) atoms. The summed E-state index contributed by atoms with van der Waals surface area (Å²) in [5.74, 6) is 2.08. The molecule has 1 heterocycles. The van der Waals surface area contributed by atoms with Crippen LogP contribution in [0.3, 0.4) is 0 Å². The Labute approximate surface area is 154 Å². The first-order chi connectivity index (χ1) is 12.1. The molecule has 0 aliphatic heterocycles. The van der Waals surface area contributed by atoms with Crippen molar-refractivity contribution in [3.8, 4) is 11.5 Å². The first-order valence-electron chi connectivity index (χ1n) is 9.04. The predicted molar refractivity (Wildman–Crippen MR) is 102 cm³/mol. The highest BCUT2D eigenvalue weighted by atomic mass is 32.2. The van der Waals surface area contributed by atoms with Crippen LogP contribution in [0.2, 0.25) is 0 Å². The second-order valence-corrected chi connectivity index (χ2v) is 7.82. The van der Waals surface area contributed by atoms with Crippen molar-refractivity contribution < 1.29 is 9.21 Å². The van der Waals surface area contributed by atoms with Gasteiger partial charge in [0, 0.05) is 23.4 Å². The summed E-state index contributed by atoms with van der Waals surface area (Å²) in [5, 5.41) is 0. The van der Waals surface area contributed by atoms with Crippen LogP contribution >= 0.6 is 11.8 Å². The molecule has 0 atom stereocenters. The third-order valence-electron chi connectivity index (χ3n) is 4.61. The normalized spacial score (nSPS) is 15.0. The lowest BCUT2D eigenvalue weighted by Gasteiger charge is -2.32. The number of aromatic nitrogens is 1. The largest absolute Gasteiger partial charge is 0.444 e. The molecule has 134 valence electrons. The number of rotatable bonds is 7. The van der Waals surface area contributed by atoms with Crippen LogP contribution in [0.5, 0.6) is 0 Å². The van der Waals surface area contributed by atoms with Crippen LogP contribution in [0.4, 0.5) is 0 Å². The lowest BCUT2D eigenvalue weighted by Crippen LogP contribution is -2.44. The minimum atomic E-state index is 0.249. The molecule has 4 nitrogen and oxygen atoms in total. The Morgan fingerprint density at radius 1 is 1.28 bits per heavy atom. The second kappa shape index (κ2) is 8.56. The number of hydrogen-bond acceptors (Lipinski definition) is 4. The molecule has 0 N–H and O–H groups in total. The van der Waals surface area contributed by atoms with Crippen LogP contribution in [0.25, 0.3) is 11.5 Å². The molecule has 5 heteroatoms. The standard InChI is InChI=1S/C20H26N2O2S/c1-15(2)22(18-10-6-7-11-18)19(23)14-25-13-17-12-24-20(21-17)16-8-4-3-5-9-16/h3-5,8-9,12,15,18H,6-7,10-11,13-14H2,1-2H3. The molecule has 3 rings (SSSR count). The fourth-order valence-electron chi connectivity index (χ4n) is 3.50. The van der Waals surface area contributed by atoms with Gasteiger partial charge in [-0.2, -0.15) is 0 Å². The summed E-state index contributed by atoms with van der Waals surface area (Å²) in [6.45, 7) is 4.23. The molecular formula is C20H26N2O2S. The zero-order chi connectivity index (χ0) is 17.6. The van der Waals surface area contributed by atoms with E-state index in [0.29, 0.717) is 23.4 Å². The average Bonchev–Trinajstić information content (AvgIpc) is 3.28. The fraction of sp³-hybridized carbons (Fsp3) is 0.500. The van der Waals surface area contributed by atoms with Crippen molar-refractivity contribution in [2.45, 2.75) is 57.4 Å². The van der Waals surface area contributed by atoms with E-state index in [4.69, 9.17) is 4.42 Å². The third-order valence-corrected chi connectivity index (χ3v) is 5.56. The van der Waals surface area contributed by atoms with Gasteiger partial charge in [0.1, 0.15) is 6.26 Å². The predicted octanol–water partition coefficient (Wildman–Crippen LogP) is 4.75. The van der Waals surface area contributed by atoms with Gasteiger partial charge < -0.3 is 9.32 Å². The van der Waals surface area contributed by atoms with E-state index in [1.165, 1.54) is 12.8 Å². The number of amides is 1. The number of carbonyl (C=O) groups excluding carboxylic acids is 1. The van der Waals surface area contributed by atoms with Gasteiger partial charge >= 0.3 is 0 Å². The van der Waals surface area contributed by atoms with Gasteiger partial charge in [-0.3, -0.25) is 4.79 Å². The Bertz CT molecular complexity index is 678. The zero-order valence-corrected chi connectivity index (χ0v) is 15.8. The quantitative estimate of drug-likeness (QED) is 0.716. The van der Waals surface area contributed by atoms with Gasteiger partial charge in [0.15, 0.2) is 0 Å². The third kappa shape index (κ3) is 4.66. The molecule has 2 aromatic rings. The Morgan fingerprint density at radius 2 is 2.00 bits per heavy atom. The molecule has 0 saturated heterocycles. The van der Waals surface area contributed by atoms with Gasteiger partial charge in [-0.25, -0.2) is 4.98 Å². The highest BCUT2D eigenvalue weighted by Gasteiger charge is 2.28. The molecule has 0 spiro atoms. The monoisotopic (exact) mass is 358 g/mol. The molecule has 1 aliphatic rings. The molecular weight excluding hydrogens is 332 g/mol. The number of hydrogen-bond donors (Lipinski definition) is 0. The molecule has 0 bridgehead atoms. The average molecular weight is 359 g/mol. The van der Waals surface area contributed by atoms with E-state index in [0.717, 1.165) is 24.1 Å². The molecule has 1 fully saturated rings. The highest BCUT2D eigenvalue weighted by molar-refractivity contribution is 7.99. The molecule has 1 aromatic heterocycles. The van der Waals surface area contributed by atoms with Crippen molar-refractivity contribution in [3.05, 3.63) is 42.3 Å². The Morgan fingerprint density at radius 3 is 2.68 bits per heavy atom. The van der Waals surface area contributed by atoms with Crippen molar-refractivity contribution in [1.29, 1.82) is 0 Å². The minimum Gasteiger partial charge on any atom is -0.444 e. The van der Waals surface area contributed by atoms with Crippen LogP contribution in [0.1, 0.15) is 45.2 Å². The van der Waals surface area contributed by atoms with Gasteiger partial charge in [0.2, 0.25) is 11.8 Å².